The maximum Gasteiger partial charge on any atom is 0.269 e. The number of carbonyl (C=O) groups excluding carboxylic acids is 1. The fourth-order valence-electron chi connectivity index (χ4n) is 2.13. The monoisotopic (exact) mass is 264 g/mol. The largest absolute Gasteiger partial charge is 0.296 e. The van der Waals surface area contributed by atoms with Gasteiger partial charge in [0, 0.05) is 23.7 Å². The highest BCUT2D eigenvalue weighted by Gasteiger charge is 2.16. The van der Waals surface area contributed by atoms with Crippen LogP contribution in [0, 0.1) is 10.1 Å². The highest BCUT2D eigenvalue weighted by molar-refractivity contribution is 5.97. The summed E-state index contributed by atoms with van der Waals surface area (Å²) in [4.78, 5) is 24.2. The lowest BCUT2D eigenvalue weighted by Crippen LogP contribution is -2.35. The topological polar surface area (TPSA) is 63.5 Å². The van der Waals surface area contributed by atoms with Gasteiger partial charge in [0.1, 0.15) is 0 Å². The summed E-state index contributed by atoms with van der Waals surface area (Å²) in [5, 5.41) is 10.5. The number of nitro groups is 1. The Bertz CT molecular complexity index is 439. The van der Waals surface area contributed by atoms with Crippen molar-refractivity contribution in [3.63, 3.8) is 0 Å². The molecule has 0 radical (unpaired) electrons. The van der Waals surface area contributed by atoms with Crippen molar-refractivity contribution in [3.05, 3.63) is 39.9 Å². The Balaban J connectivity index is 2.70. The quantitative estimate of drug-likeness (QED) is 0.431. The van der Waals surface area contributed by atoms with Gasteiger partial charge in [0.15, 0.2) is 5.78 Å². The number of ketones is 1. The van der Waals surface area contributed by atoms with E-state index >= 15 is 0 Å². The normalized spacial score (nSPS) is 11.0. The molecule has 0 atom stereocenters. The van der Waals surface area contributed by atoms with Crippen molar-refractivity contribution >= 4 is 11.5 Å². The summed E-state index contributed by atoms with van der Waals surface area (Å²) in [6.45, 7) is 4.53. The Labute approximate surface area is 113 Å². The van der Waals surface area contributed by atoms with Crippen molar-refractivity contribution in [3.8, 4) is 0 Å². The van der Waals surface area contributed by atoms with E-state index in [1.807, 2.05) is 11.9 Å². The number of carbonyl (C=O) groups is 1. The first-order valence-corrected chi connectivity index (χ1v) is 6.47. The van der Waals surface area contributed by atoms with Gasteiger partial charge in [0.25, 0.3) is 5.69 Å². The Kier molecular flexibility index (Phi) is 5.63. The lowest BCUT2D eigenvalue weighted by molar-refractivity contribution is -0.384. The van der Waals surface area contributed by atoms with Gasteiger partial charge in [0.05, 0.1) is 11.5 Å². The molecule has 0 aromatic heterocycles. The maximum absolute atomic E-state index is 12.1. The molecule has 0 N–H and O–H groups in total. The van der Waals surface area contributed by atoms with Gasteiger partial charge in [-0.2, -0.15) is 0 Å². The molecule has 0 aliphatic carbocycles. The summed E-state index contributed by atoms with van der Waals surface area (Å²) < 4.78 is 0. The minimum Gasteiger partial charge on any atom is -0.296 e. The fraction of sp³-hybridized carbons (Fsp3) is 0.500. The predicted molar refractivity (Wildman–Crippen MR) is 74.4 cm³/mol. The van der Waals surface area contributed by atoms with Crippen LogP contribution < -0.4 is 0 Å². The lowest BCUT2D eigenvalue weighted by Gasteiger charge is -2.25. The van der Waals surface area contributed by atoms with Crippen LogP contribution in [0.25, 0.3) is 0 Å². The first-order valence-electron chi connectivity index (χ1n) is 6.47. The molecule has 1 rings (SSSR count). The smallest absolute Gasteiger partial charge is 0.269 e. The molecule has 0 spiro atoms. The van der Waals surface area contributed by atoms with Crippen LogP contribution in [0.15, 0.2) is 24.3 Å². The summed E-state index contributed by atoms with van der Waals surface area (Å²) in [6, 6.07) is 6.15. The van der Waals surface area contributed by atoms with E-state index in [1.165, 1.54) is 24.3 Å². The average Bonchev–Trinajstić information content (AvgIpc) is 2.40. The molecule has 0 heterocycles. The third kappa shape index (κ3) is 4.13. The third-order valence-corrected chi connectivity index (χ3v) is 3.36. The van der Waals surface area contributed by atoms with Crippen molar-refractivity contribution in [1.82, 2.24) is 4.90 Å². The van der Waals surface area contributed by atoms with E-state index in [9.17, 15) is 14.9 Å². The van der Waals surface area contributed by atoms with E-state index in [0.29, 0.717) is 18.2 Å². The van der Waals surface area contributed by atoms with Crippen LogP contribution in [0.3, 0.4) is 0 Å². The standard InChI is InChI=1S/C14H20N2O3/c1-4-12(5-2)15(3)10-14(17)11-6-8-13(9-7-11)16(18)19/h6-9,12H,4-5,10H2,1-3H3. The van der Waals surface area contributed by atoms with E-state index < -0.39 is 4.92 Å². The molecule has 0 fully saturated rings. The van der Waals surface area contributed by atoms with Gasteiger partial charge in [-0.15, -0.1) is 0 Å². The molecule has 104 valence electrons. The molecular weight excluding hydrogens is 244 g/mol. The number of likely N-dealkylation sites (N-methyl/N-ethyl adjacent to an activating group) is 1. The van der Waals surface area contributed by atoms with Crippen LogP contribution in [-0.2, 0) is 0 Å². The van der Waals surface area contributed by atoms with Crippen molar-refractivity contribution < 1.29 is 9.72 Å². The van der Waals surface area contributed by atoms with E-state index in [2.05, 4.69) is 13.8 Å². The van der Waals surface area contributed by atoms with Crippen molar-refractivity contribution in [2.45, 2.75) is 32.7 Å². The van der Waals surface area contributed by atoms with E-state index in [-0.39, 0.29) is 11.5 Å². The summed E-state index contributed by atoms with van der Waals surface area (Å²) in [5.74, 6) is -0.00991. The summed E-state index contributed by atoms with van der Waals surface area (Å²) in [7, 11) is 1.93. The first-order chi connectivity index (χ1) is 8.99. The van der Waals surface area contributed by atoms with Gasteiger partial charge in [-0.1, -0.05) is 13.8 Å². The fourth-order valence-corrected chi connectivity index (χ4v) is 2.13. The number of non-ortho nitro benzene ring substituents is 1. The van der Waals surface area contributed by atoms with Gasteiger partial charge in [-0.05, 0) is 32.0 Å². The number of benzene rings is 1. The molecule has 0 aliphatic rings. The third-order valence-electron chi connectivity index (χ3n) is 3.36. The molecule has 1 aromatic rings. The highest BCUT2D eigenvalue weighted by Crippen LogP contribution is 2.13. The second kappa shape index (κ2) is 6.99. The highest BCUT2D eigenvalue weighted by atomic mass is 16.6. The molecule has 0 aliphatic heterocycles. The predicted octanol–water partition coefficient (Wildman–Crippen LogP) is 2.90. The second-order valence-corrected chi connectivity index (χ2v) is 4.61. The van der Waals surface area contributed by atoms with Gasteiger partial charge < -0.3 is 0 Å². The van der Waals surface area contributed by atoms with E-state index in [0.717, 1.165) is 12.8 Å². The average molecular weight is 264 g/mol. The molecule has 0 saturated carbocycles. The van der Waals surface area contributed by atoms with Gasteiger partial charge in [-0.3, -0.25) is 19.8 Å². The summed E-state index contributed by atoms with van der Waals surface area (Å²) in [6.07, 6.45) is 2.00. The van der Waals surface area contributed by atoms with Crippen molar-refractivity contribution in [2.24, 2.45) is 0 Å². The number of rotatable bonds is 7. The minimum atomic E-state index is -0.468. The molecule has 5 nitrogen and oxygen atoms in total. The minimum absolute atomic E-state index is 0.00453. The van der Waals surface area contributed by atoms with Gasteiger partial charge in [-0.25, -0.2) is 0 Å². The Morgan fingerprint density at radius 3 is 2.21 bits per heavy atom. The van der Waals surface area contributed by atoms with Crippen molar-refractivity contribution in [1.29, 1.82) is 0 Å². The van der Waals surface area contributed by atoms with Crippen LogP contribution >= 0.6 is 0 Å². The van der Waals surface area contributed by atoms with Gasteiger partial charge >= 0.3 is 0 Å². The summed E-state index contributed by atoms with van der Waals surface area (Å²) >= 11 is 0. The van der Waals surface area contributed by atoms with Crippen LogP contribution in [0.1, 0.15) is 37.0 Å². The molecule has 5 heteroatoms. The molecular formula is C14H20N2O3. The van der Waals surface area contributed by atoms with Gasteiger partial charge in [0.2, 0.25) is 0 Å². The van der Waals surface area contributed by atoms with E-state index in [4.69, 9.17) is 0 Å². The Morgan fingerprint density at radius 1 is 1.26 bits per heavy atom. The molecule has 0 amide bonds. The number of nitro benzene ring substituents is 1. The summed E-state index contributed by atoms with van der Waals surface area (Å²) in [5.41, 5.74) is 0.522. The number of hydrogen-bond donors (Lipinski definition) is 0. The number of nitrogens with zero attached hydrogens (tertiary/aromatic N) is 2. The van der Waals surface area contributed by atoms with Crippen LogP contribution in [0.4, 0.5) is 5.69 Å². The zero-order valence-corrected chi connectivity index (χ0v) is 11.6. The van der Waals surface area contributed by atoms with Crippen LogP contribution in [0.2, 0.25) is 0 Å². The molecule has 19 heavy (non-hydrogen) atoms. The first kappa shape index (κ1) is 15.3. The Hall–Kier alpha value is -1.75. The number of Topliss-reactive ketones (excluding diaryl/α,β-unsaturated/α-hetero) is 1. The zero-order valence-electron chi connectivity index (χ0n) is 11.6. The van der Waals surface area contributed by atoms with Crippen molar-refractivity contribution in [2.75, 3.05) is 13.6 Å². The molecule has 0 bridgehead atoms. The maximum atomic E-state index is 12.1. The van der Waals surface area contributed by atoms with E-state index in [1.54, 1.807) is 0 Å². The lowest BCUT2D eigenvalue weighted by atomic mass is 10.1. The molecule has 0 saturated heterocycles. The molecule has 1 aromatic carbocycles. The van der Waals surface area contributed by atoms with Crippen LogP contribution in [-0.4, -0.2) is 35.2 Å². The SMILES string of the molecule is CCC(CC)N(C)CC(=O)c1ccc([N+](=O)[O-])cc1. The Morgan fingerprint density at radius 2 is 1.79 bits per heavy atom. The van der Waals surface area contributed by atoms with Crippen LogP contribution in [0.5, 0.6) is 0 Å². The zero-order chi connectivity index (χ0) is 14.4. The molecule has 0 unspecified atom stereocenters. The second-order valence-electron chi connectivity index (χ2n) is 4.61. The number of hydrogen-bond acceptors (Lipinski definition) is 4.